The monoisotopic (exact) mass is 260 g/mol. The molecule has 2 nitrogen and oxygen atoms in total. The number of hydrogen-bond donors (Lipinski definition) is 1. The molecular weight excluding hydrogens is 243 g/mol. The van der Waals surface area contributed by atoms with Crippen molar-refractivity contribution in [1.29, 1.82) is 0 Å². The summed E-state index contributed by atoms with van der Waals surface area (Å²) in [6.45, 7) is 2.06. The molecule has 2 aromatic rings. The fourth-order valence-corrected chi connectivity index (χ4v) is 1.97. The Labute approximate surface area is 112 Å². The van der Waals surface area contributed by atoms with E-state index in [0.29, 0.717) is 11.3 Å². The quantitative estimate of drug-likeness (QED) is 0.912. The standard InChI is InChI=1S/C16H17FO2/c1-3-11-4-6-12(7-5-11)16(18)14-9-8-13(19-2)10-15(14)17/h4-10,16,18H,3H2,1-2H3. The highest BCUT2D eigenvalue weighted by atomic mass is 19.1. The molecule has 1 N–H and O–H groups in total. The third kappa shape index (κ3) is 2.93. The number of ether oxygens (including phenoxy) is 1. The molecule has 1 atom stereocenters. The molecule has 0 aromatic heterocycles. The van der Waals surface area contributed by atoms with E-state index in [4.69, 9.17) is 4.74 Å². The molecule has 0 aliphatic heterocycles. The predicted molar refractivity (Wildman–Crippen MR) is 72.8 cm³/mol. The Morgan fingerprint density at radius 1 is 1.16 bits per heavy atom. The molecular formula is C16H17FO2. The van der Waals surface area contributed by atoms with E-state index in [9.17, 15) is 9.50 Å². The summed E-state index contributed by atoms with van der Waals surface area (Å²) < 4.78 is 18.8. The van der Waals surface area contributed by atoms with Crippen LogP contribution in [-0.4, -0.2) is 12.2 Å². The Kier molecular flexibility index (Phi) is 4.17. The number of rotatable bonds is 4. The molecule has 0 saturated carbocycles. The van der Waals surface area contributed by atoms with Crippen molar-refractivity contribution < 1.29 is 14.2 Å². The zero-order valence-corrected chi connectivity index (χ0v) is 11.1. The lowest BCUT2D eigenvalue weighted by Crippen LogP contribution is -2.03. The Bertz CT molecular complexity index is 549. The van der Waals surface area contributed by atoms with Gasteiger partial charge in [0.2, 0.25) is 0 Å². The third-order valence-corrected chi connectivity index (χ3v) is 3.21. The average molecular weight is 260 g/mol. The van der Waals surface area contributed by atoms with Gasteiger partial charge in [0.1, 0.15) is 17.7 Å². The van der Waals surface area contributed by atoms with E-state index in [2.05, 4.69) is 6.92 Å². The van der Waals surface area contributed by atoms with Crippen LogP contribution in [0.1, 0.15) is 29.7 Å². The zero-order chi connectivity index (χ0) is 13.8. The first-order valence-corrected chi connectivity index (χ1v) is 6.26. The van der Waals surface area contributed by atoms with E-state index in [1.807, 2.05) is 24.3 Å². The molecule has 19 heavy (non-hydrogen) atoms. The van der Waals surface area contributed by atoms with Crippen molar-refractivity contribution in [3.63, 3.8) is 0 Å². The minimum Gasteiger partial charge on any atom is -0.497 e. The maximum absolute atomic E-state index is 13.9. The van der Waals surface area contributed by atoms with Crippen LogP contribution in [0.5, 0.6) is 5.75 Å². The van der Waals surface area contributed by atoms with E-state index >= 15 is 0 Å². The molecule has 0 aliphatic rings. The highest BCUT2D eigenvalue weighted by Crippen LogP contribution is 2.27. The lowest BCUT2D eigenvalue weighted by molar-refractivity contribution is 0.214. The van der Waals surface area contributed by atoms with Gasteiger partial charge in [-0.3, -0.25) is 0 Å². The third-order valence-electron chi connectivity index (χ3n) is 3.21. The van der Waals surface area contributed by atoms with Crippen LogP contribution in [0.3, 0.4) is 0 Å². The second-order valence-electron chi connectivity index (χ2n) is 4.39. The Hall–Kier alpha value is -1.87. The highest BCUT2D eigenvalue weighted by molar-refractivity contribution is 5.36. The van der Waals surface area contributed by atoms with Crippen LogP contribution < -0.4 is 4.74 Å². The van der Waals surface area contributed by atoms with E-state index in [1.54, 1.807) is 12.1 Å². The smallest absolute Gasteiger partial charge is 0.133 e. The van der Waals surface area contributed by atoms with Crippen molar-refractivity contribution in [3.05, 3.63) is 65.0 Å². The maximum Gasteiger partial charge on any atom is 0.133 e. The normalized spacial score (nSPS) is 12.2. The van der Waals surface area contributed by atoms with Gasteiger partial charge in [-0.1, -0.05) is 31.2 Å². The Morgan fingerprint density at radius 3 is 2.37 bits per heavy atom. The number of benzene rings is 2. The number of aliphatic hydroxyl groups is 1. The summed E-state index contributed by atoms with van der Waals surface area (Å²) >= 11 is 0. The lowest BCUT2D eigenvalue weighted by Gasteiger charge is -2.13. The van der Waals surface area contributed by atoms with Crippen molar-refractivity contribution in [2.75, 3.05) is 7.11 Å². The van der Waals surface area contributed by atoms with Crippen molar-refractivity contribution in [3.8, 4) is 5.75 Å². The van der Waals surface area contributed by atoms with E-state index < -0.39 is 11.9 Å². The van der Waals surface area contributed by atoms with Crippen LogP contribution >= 0.6 is 0 Å². The molecule has 0 spiro atoms. The number of aryl methyl sites for hydroxylation is 1. The van der Waals surface area contributed by atoms with Gasteiger partial charge in [0.25, 0.3) is 0 Å². The number of methoxy groups -OCH3 is 1. The summed E-state index contributed by atoms with van der Waals surface area (Å²) in [7, 11) is 1.48. The summed E-state index contributed by atoms with van der Waals surface area (Å²) in [5.41, 5.74) is 2.12. The van der Waals surface area contributed by atoms with Gasteiger partial charge in [-0.15, -0.1) is 0 Å². The summed E-state index contributed by atoms with van der Waals surface area (Å²) in [5, 5.41) is 10.2. The molecule has 0 heterocycles. The summed E-state index contributed by atoms with van der Waals surface area (Å²) in [6, 6.07) is 12.0. The van der Waals surface area contributed by atoms with Gasteiger partial charge >= 0.3 is 0 Å². The molecule has 0 bridgehead atoms. The van der Waals surface area contributed by atoms with Crippen molar-refractivity contribution in [2.45, 2.75) is 19.4 Å². The topological polar surface area (TPSA) is 29.5 Å². The summed E-state index contributed by atoms with van der Waals surface area (Å²) in [6.07, 6.45) is -0.0235. The van der Waals surface area contributed by atoms with Gasteiger partial charge in [0, 0.05) is 11.6 Å². The average Bonchev–Trinajstić information content (AvgIpc) is 2.46. The number of aliphatic hydroxyl groups excluding tert-OH is 1. The van der Waals surface area contributed by atoms with Gasteiger partial charge in [-0.2, -0.15) is 0 Å². The van der Waals surface area contributed by atoms with E-state index in [-0.39, 0.29) is 5.56 Å². The fraction of sp³-hybridized carbons (Fsp3) is 0.250. The Morgan fingerprint density at radius 2 is 1.84 bits per heavy atom. The van der Waals surface area contributed by atoms with Gasteiger partial charge in [-0.25, -0.2) is 4.39 Å². The van der Waals surface area contributed by atoms with Gasteiger partial charge in [0.15, 0.2) is 0 Å². The fourth-order valence-electron chi connectivity index (χ4n) is 1.97. The Balaban J connectivity index is 2.29. The molecule has 100 valence electrons. The van der Waals surface area contributed by atoms with E-state index in [1.165, 1.54) is 18.7 Å². The maximum atomic E-state index is 13.9. The minimum atomic E-state index is -0.961. The zero-order valence-electron chi connectivity index (χ0n) is 11.1. The first-order chi connectivity index (χ1) is 9.15. The van der Waals surface area contributed by atoms with Gasteiger partial charge < -0.3 is 9.84 Å². The van der Waals surface area contributed by atoms with Crippen LogP contribution in [0.15, 0.2) is 42.5 Å². The predicted octanol–water partition coefficient (Wildman–Crippen LogP) is 3.48. The number of halogens is 1. The van der Waals surface area contributed by atoms with Gasteiger partial charge in [-0.05, 0) is 29.7 Å². The molecule has 2 rings (SSSR count). The minimum absolute atomic E-state index is 0.255. The largest absolute Gasteiger partial charge is 0.497 e. The lowest BCUT2D eigenvalue weighted by atomic mass is 9.99. The second kappa shape index (κ2) is 5.85. The van der Waals surface area contributed by atoms with Gasteiger partial charge in [0.05, 0.1) is 7.11 Å². The summed E-state index contributed by atoms with van der Waals surface area (Å²) in [4.78, 5) is 0. The van der Waals surface area contributed by atoms with Crippen molar-refractivity contribution in [2.24, 2.45) is 0 Å². The van der Waals surface area contributed by atoms with Crippen molar-refractivity contribution >= 4 is 0 Å². The number of hydrogen-bond acceptors (Lipinski definition) is 2. The SMILES string of the molecule is CCc1ccc(C(O)c2ccc(OC)cc2F)cc1. The molecule has 3 heteroatoms. The molecule has 0 saturated heterocycles. The molecule has 2 aromatic carbocycles. The molecule has 0 amide bonds. The van der Waals surface area contributed by atoms with Crippen LogP contribution in [0.4, 0.5) is 4.39 Å². The molecule has 1 unspecified atom stereocenters. The van der Waals surface area contributed by atoms with Crippen molar-refractivity contribution in [1.82, 2.24) is 0 Å². The van der Waals surface area contributed by atoms with Crippen LogP contribution in [0.25, 0.3) is 0 Å². The molecule has 0 aliphatic carbocycles. The van der Waals surface area contributed by atoms with E-state index in [0.717, 1.165) is 6.42 Å². The highest BCUT2D eigenvalue weighted by Gasteiger charge is 2.15. The molecule has 0 radical (unpaired) electrons. The van der Waals surface area contributed by atoms with Crippen LogP contribution in [-0.2, 0) is 6.42 Å². The van der Waals surface area contributed by atoms with Crippen LogP contribution in [0, 0.1) is 5.82 Å². The summed E-state index contributed by atoms with van der Waals surface area (Å²) in [5.74, 6) is -0.0267. The first-order valence-electron chi connectivity index (χ1n) is 6.26. The second-order valence-corrected chi connectivity index (χ2v) is 4.39. The molecule has 0 fully saturated rings. The first kappa shape index (κ1) is 13.6. The van der Waals surface area contributed by atoms with Crippen LogP contribution in [0.2, 0.25) is 0 Å².